The predicted molar refractivity (Wildman–Crippen MR) is 98.5 cm³/mol. The Morgan fingerprint density at radius 3 is 3.15 bits per heavy atom. The molecule has 1 N–H and O–H groups in total. The van der Waals surface area contributed by atoms with Crippen LogP contribution in [-0.4, -0.2) is 24.0 Å². The molecule has 3 aromatic heterocycles. The van der Waals surface area contributed by atoms with Crippen molar-refractivity contribution in [3.63, 3.8) is 0 Å². The Labute approximate surface area is 152 Å². The highest BCUT2D eigenvalue weighted by atomic mass is 32.1. The van der Waals surface area contributed by atoms with Crippen LogP contribution in [0, 0.1) is 4.91 Å². The van der Waals surface area contributed by atoms with Crippen molar-refractivity contribution in [3.05, 3.63) is 58.2 Å². The minimum absolute atomic E-state index is 0.224. The maximum atomic E-state index is 10.9. The van der Waals surface area contributed by atoms with Crippen molar-refractivity contribution in [3.8, 4) is 11.4 Å². The second kappa shape index (κ2) is 5.95. The zero-order valence-corrected chi connectivity index (χ0v) is 14.3. The monoisotopic (exact) mass is 363 g/mol. The van der Waals surface area contributed by atoms with Crippen LogP contribution < -0.4 is 5.32 Å². The molecule has 0 spiro atoms. The van der Waals surface area contributed by atoms with Crippen molar-refractivity contribution in [1.29, 1.82) is 0 Å². The largest absolute Gasteiger partial charge is 0.339 e. The van der Waals surface area contributed by atoms with Gasteiger partial charge in [-0.05, 0) is 47.6 Å². The third-order valence-electron chi connectivity index (χ3n) is 4.61. The van der Waals surface area contributed by atoms with E-state index in [9.17, 15) is 4.91 Å². The highest BCUT2D eigenvalue weighted by Gasteiger charge is 2.24. The molecule has 128 valence electrons. The summed E-state index contributed by atoms with van der Waals surface area (Å²) in [6, 6.07) is 5.79. The Balaban J connectivity index is 1.60. The van der Waals surface area contributed by atoms with Crippen LogP contribution in [0.3, 0.4) is 0 Å². The molecule has 0 saturated carbocycles. The maximum Gasteiger partial charge on any atom is 0.157 e. The Morgan fingerprint density at radius 2 is 2.31 bits per heavy atom. The smallest absolute Gasteiger partial charge is 0.157 e. The van der Waals surface area contributed by atoms with E-state index in [0.717, 1.165) is 46.8 Å². The van der Waals surface area contributed by atoms with Gasteiger partial charge in [0.15, 0.2) is 5.65 Å². The van der Waals surface area contributed by atoms with Crippen molar-refractivity contribution in [1.82, 2.24) is 24.0 Å². The first-order chi connectivity index (χ1) is 12.8. The molecule has 0 fully saturated rings. The fourth-order valence-electron chi connectivity index (χ4n) is 3.39. The van der Waals surface area contributed by atoms with Crippen LogP contribution in [0.15, 0.2) is 47.3 Å². The molecule has 0 radical (unpaired) electrons. The number of nitroso groups, excluding NO2 is 1. The Bertz CT molecular complexity index is 1110. The minimum Gasteiger partial charge on any atom is -0.339 e. The lowest BCUT2D eigenvalue weighted by Crippen LogP contribution is -1.98. The number of aromatic nitrogens is 5. The van der Waals surface area contributed by atoms with Crippen molar-refractivity contribution < 1.29 is 0 Å². The van der Waals surface area contributed by atoms with Crippen molar-refractivity contribution in [2.24, 2.45) is 5.18 Å². The SMILES string of the molecule is O=NC1CCc2cc(Nc3c(-c4csnn4)nc4cnccn34)ccc21. The first-order valence-corrected chi connectivity index (χ1v) is 8.99. The summed E-state index contributed by atoms with van der Waals surface area (Å²) in [5, 5.41) is 12.7. The van der Waals surface area contributed by atoms with Gasteiger partial charge in [0.1, 0.15) is 23.2 Å². The zero-order valence-electron chi connectivity index (χ0n) is 13.5. The van der Waals surface area contributed by atoms with Crippen molar-refractivity contribution >= 4 is 28.7 Å². The lowest BCUT2D eigenvalue weighted by Gasteiger charge is -2.10. The van der Waals surface area contributed by atoms with Crippen molar-refractivity contribution in [2.45, 2.75) is 18.9 Å². The Morgan fingerprint density at radius 1 is 1.35 bits per heavy atom. The molecule has 9 heteroatoms. The molecule has 1 atom stereocenters. The average Bonchev–Trinajstić information content (AvgIpc) is 3.40. The number of hydrogen-bond acceptors (Lipinski definition) is 8. The second-order valence-electron chi connectivity index (χ2n) is 6.10. The van der Waals surface area contributed by atoms with Gasteiger partial charge in [0.2, 0.25) is 0 Å². The van der Waals surface area contributed by atoms with Crippen molar-refractivity contribution in [2.75, 3.05) is 5.32 Å². The number of imidazole rings is 1. The van der Waals surface area contributed by atoms with Crippen LogP contribution in [0.5, 0.6) is 0 Å². The lowest BCUT2D eigenvalue weighted by molar-refractivity contribution is 0.710. The van der Waals surface area contributed by atoms with E-state index in [0.29, 0.717) is 5.69 Å². The number of nitrogens with one attached hydrogen (secondary N) is 1. The summed E-state index contributed by atoms with van der Waals surface area (Å²) >= 11 is 1.28. The zero-order chi connectivity index (χ0) is 17.5. The van der Waals surface area contributed by atoms with Gasteiger partial charge in [-0.1, -0.05) is 15.7 Å². The van der Waals surface area contributed by atoms with Gasteiger partial charge < -0.3 is 5.32 Å². The number of benzene rings is 1. The van der Waals surface area contributed by atoms with Crippen LogP contribution in [0.1, 0.15) is 23.6 Å². The number of anilines is 2. The molecule has 0 amide bonds. The molecule has 26 heavy (non-hydrogen) atoms. The maximum absolute atomic E-state index is 10.9. The van der Waals surface area contributed by atoms with Gasteiger partial charge in [0, 0.05) is 23.5 Å². The van der Waals surface area contributed by atoms with Crippen LogP contribution >= 0.6 is 11.5 Å². The standard InChI is InChI=1S/C17H13N7OS/c25-22-13-4-1-10-7-11(2-3-12(10)13)19-17-16(14-9-26-23-21-14)20-15-8-18-5-6-24(15)17/h2-3,5-9,13,19H,1,4H2. The van der Waals surface area contributed by atoms with E-state index in [2.05, 4.69) is 36.1 Å². The molecule has 0 saturated heterocycles. The van der Waals surface area contributed by atoms with Gasteiger partial charge in [-0.3, -0.25) is 9.38 Å². The fraction of sp³-hybridized carbons (Fsp3) is 0.176. The molecule has 4 aromatic rings. The van der Waals surface area contributed by atoms with Gasteiger partial charge in [-0.25, -0.2) is 4.98 Å². The molecule has 1 aliphatic rings. The van der Waals surface area contributed by atoms with E-state index in [1.807, 2.05) is 28.1 Å². The predicted octanol–water partition coefficient (Wildman–Crippen LogP) is 3.75. The minimum atomic E-state index is -0.224. The van der Waals surface area contributed by atoms with Crippen LogP contribution in [-0.2, 0) is 6.42 Å². The molecular formula is C17H13N7OS. The number of aryl methyl sites for hydroxylation is 1. The average molecular weight is 363 g/mol. The Kier molecular flexibility index (Phi) is 3.45. The van der Waals surface area contributed by atoms with Gasteiger partial charge in [0.25, 0.3) is 0 Å². The second-order valence-corrected chi connectivity index (χ2v) is 6.71. The Hall–Kier alpha value is -3.20. The van der Waals surface area contributed by atoms with Gasteiger partial charge in [-0.15, -0.1) is 5.10 Å². The highest BCUT2D eigenvalue weighted by Crippen LogP contribution is 2.37. The van der Waals surface area contributed by atoms with E-state index in [1.165, 1.54) is 11.5 Å². The molecule has 1 unspecified atom stereocenters. The van der Waals surface area contributed by atoms with E-state index < -0.39 is 0 Å². The quantitative estimate of drug-likeness (QED) is 0.555. The summed E-state index contributed by atoms with van der Waals surface area (Å²) in [5.74, 6) is 0.804. The summed E-state index contributed by atoms with van der Waals surface area (Å²) in [4.78, 5) is 19.7. The van der Waals surface area contributed by atoms with Crippen LogP contribution in [0.4, 0.5) is 11.5 Å². The lowest BCUT2D eigenvalue weighted by atomic mass is 10.1. The fourth-order valence-corrected chi connectivity index (χ4v) is 3.83. The van der Waals surface area contributed by atoms with E-state index in [4.69, 9.17) is 0 Å². The molecule has 5 rings (SSSR count). The number of nitrogens with zero attached hydrogens (tertiary/aromatic N) is 6. The molecule has 0 aliphatic heterocycles. The van der Waals surface area contributed by atoms with E-state index >= 15 is 0 Å². The molecular weight excluding hydrogens is 350 g/mol. The third kappa shape index (κ3) is 2.36. The summed E-state index contributed by atoms with van der Waals surface area (Å²) in [5.41, 5.74) is 5.28. The highest BCUT2D eigenvalue weighted by molar-refractivity contribution is 7.03. The first kappa shape index (κ1) is 15.1. The normalized spacial score (nSPS) is 15.9. The van der Waals surface area contributed by atoms with E-state index in [-0.39, 0.29) is 6.04 Å². The number of rotatable bonds is 4. The van der Waals surface area contributed by atoms with Crippen LogP contribution in [0.2, 0.25) is 0 Å². The summed E-state index contributed by atoms with van der Waals surface area (Å²) in [6.07, 6.45) is 6.91. The summed E-state index contributed by atoms with van der Waals surface area (Å²) < 4.78 is 5.88. The first-order valence-electron chi connectivity index (χ1n) is 8.15. The molecule has 1 aromatic carbocycles. The number of fused-ring (bicyclic) bond motifs is 2. The number of hydrogen-bond donors (Lipinski definition) is 1. The van der Waals surface area contributed by atoms with E-state index in [1.54, 1.807) is 12.4 Å². The van der Waals surface area contributed by atoms with Gasteiger partial charge in [-0.2, -0.15) is 4.91 Å². The molecule has 0 bridgehead atoms. The van der Waals surface area contributed by atoms with Crippen LogP contribution in [0.25, 0.3) is 17.0 Å². The summed E-state index contributed by atoms with van der Waals surface area (Å²) in [6.45, 7) is 0. The molecule has 1 aliphatic carbocycles. The van der Waals surface area contributed by atoms with Gasteiger partial charge in [0.05, 0.1) is 6.20 Å². The molecule has 3 heterocycles. The third-order valence-corrected chi connectivity index (χ3v) is 5.12. The summed E-state index contributed by atoms with van der Waals surface area (Å²) in [7, 11) is 0. The van der Waals surface area contributed by atoms with Gasteiger partial charge >= 0.3 is 0 Å². The topological polar surface area (TPSA) is 97.4 Å². The molecule has 8 nitrogen and oxygen atoms in total.